The maximum Gasteiger partial charge on any atom is 0.338 e. The average Bonchev–Trinajstić information content (AvgIpc) is 3.20. The van der Waals surface area contributed by atoms with Gasteiger partial charge in [0.05, 0.1) is 18.4 Å². The minimum atomic E-state index is -0.356. The number of carbonyl (C=O) groups excluding carboxylic acids is 1. The number of benzene rings is 3. The topological polar surface area (TPSA) is 40.5 Å². The summed E-state index contributed by atoms with van der Waals surface area (Å²) in [6.45, 7) is 8.57. The molecule has 0 amide bonds. The summed E-state index contributed by atoms with van der Waals surface area (Å²) in [6.07, 6.45) is 0. The van der Waals surface area contributed by atoms with Crippen molar-refractivity contribution in [3.05, 3.63) is 105 Å². The highest BCUT2D eigenvalue weighted by Gasteiger charge is 2.17. The van der Waals surface area contributed by atoms with Crippen molar-refractivity contribution in [2.45, 2.75) is 34.3 Å². The van der Waals surface area contributed by atoms with Gasteiger partial charge in [-0.3, -0.25) is 0 Å². The van der Waals surface area contributed by atoms with Crippen LogP contribution in [0.2, 0.25) is 5.02 Å². The predicted molar refractivity (Wildman–Crippen MR) is 137 cm³/mol. The molecule has 0 aliphatic heterocycles. The van der Waals surface area contributed by atoms with Gasteiger partial charge < -0.3 is 14.0 Å². The smallest absolute Gasteiger partial charge is 0.338 e. The number of rotatable bonds is 6. The molecule has 174 valence electrons. The lowest BCUT2D eigenvalue weighted by Crippen LogP contribution is -2.07. The quantitative estimate of drug-likeness (QED) is 0.274. The highest BCUT2D eigenvalue weighted by Crippen LogP contribution is 2.36. The van der Waals surface area contributed by atoms with Gasteiger partial charge in [-0.05, 0) is 86.8 Å². The second-order valence-corrected chi connectivity index (χ2v) is 8.98. The van der Waals surface area contributed by atoms with Gasteiger partial charge in [0.15, 0.2) is 0 Å². The van der Waals surface area contributed by atoms with Gasteiger partial charge in [-0.15, -0.1) is 0 Å². The minimum absolute atomic E-state index is 0.356. The van der Waals surface area contributed by atoms with Crippen molar-refractivity contribution in [1.29, 1.82) is 0 Å². The first-order chi connectivity index (χ1) is 16.3. The lowest BCUT2D eigenvalue weighted by Gasteiger charge is -2.17. The van der Waals surface area contributed by atoms with E-state index in [0.717, 1.165) is 39.5 Å². The lowest BCUT2D eigenvalue weighted by atomic mass is 10.1. The summed E-state index contributed by atoms with van der Waals surface area (Å²) >= 11 is 6.41. The van der Waals surface area contributed by atoms with E-state index in [1.165, 1.54) is 18.2 Å². The zero-order valence-corrected chi connectivity index (χ0v) is 20.9. The van der Waals surface area contributed by atoms with E-state index in [1.54, 1.807) is 0 Å². The fourth-order valence-electron chi connectivity index (χ4n) is 4.16. The molecule has 0 bridgehead atoms. The van der Waals surface area contributed by atoms with Crippen molar-refractivity contribution in [3.8, 4) is 22.7 Å². The van der Waals surface area contributed by atoms with Gasteiger partial charge in [-0.25, -0.2) is 4.79 Å². The molecule has 0 aliphatic rings. The predicted octanol–water partition coefficient (Wildman–Crippen LogP) is 7.40. The first-order valence-electron chi connectivity index (χ1n) is 11.1. The average molecular weight is 474 g/mol. The zero-order chi connectivity index (χ0) is 24.4. The van der Waals surface area contributed by atoms with E-state index in [2.05, 4.69) is 36.6 Å². The van der Waals surface area contributed by atoms with Crippen LogP contribution in [0.25, 0.3) is 16.9 Å². The summed E-state index contributed by atoms with van der Waals surface area (Å²) in [6, 6.07) is 21.9. The zero-order valence-electron chi connectivity index (χ0n) is 20.1. The molecule has 3 aromatic carbocycles. The van der Waals surface area contributed by atoms with Crippen LogP contribution in [0.15, 0.2) is 66.7 Å². The van der Waals surface area contributed by atoms with Gasteiger partial charge in [-0.2, -0.15) is 0 Å². The number of nitrogens with zero attached hydrogens (tertiary/aromatic N) is 1. The van der Waals surface area contributed by atoms with E-state index in [0.29, 0.717) is 17.2 Å². The molecule has 0 radical (unpaired) electrons. The Morgan fingerprint density at radius 1 is 0.882 bits per heavy atom. The number of halogens is 1. The Kier molecular flexibility index (Phi) is 6.80. The van der Waals surface area contributed by atoms with Crippen LogP contribution < -0.4 is 4.74 Å². The van der Waals surface area contributed by atoms with Crippen LogP contribution in [0.4, 0.5) is 0 Å². The van der Waals surface area contributed by atoms with Crippen molar-refractivity contribution < 1.29 is 14.3 Å². The third kappa shape index (κ3) is 4.73. The van der Waals surface area contributed by atoms with E-state index >= 15 is 0 Å². The summed E-state index contributed by atoms with van der Waals surface area (Å²) in [7, 11) is 1.39. The first-order valence-corrected chi connectivity index (χ1v) is 11.5. The highest BCUT2D eigenvalue weighted by molar-refractivity contribution is 6.31. The van der Waals surface area contributed by atoms with E-state index in [9.17, 15) is 4.79 Å². The molecule has 4 rings (SSSR count). The van der Waals surface area contributed by atoms with Crippen LogP contribution in [0, 0.1) is 27.7 Å². The van der Waals surface area contributed by atoms with E-state index in [-0.39, 0.29) is 5.97 Å². The molecule has 0 saturated heterocycles. The molecule has 0 atom stereocenters. The Hall–Kier alpha value is -3.50. The molecule has 0 saturated carbocycles. The van der Waals surface area contributed by atoms with Crippen molar-refractivity contribution in [3.63, 3.8) is 0 Å². The fraction of sp³-hybridized carbons (Fsp3) is 0.207. The van der Waals surface area contributed by atoms with Crippen molar-refractivity contribution in [1.82, 2.24) is 4.57 Å². The standard InChI is InChI=1S/C29H28ClNO3/c1-18-6-9-22(20(3)14-18)17-34-28-13-10-23(30)15-26(28)27-12-8-21(4)31(27)24-11-7-19(2)25(16-24)29(32)33-5/h6-16H,17H2,1-5H3. The number of carbonyl (C=O) groups is 1. The van der Waals surface area contributed by atoms with Crippen LogP contribution in [0.5, 0.6) is 5.75 Å². The third-order valence-corrected chi connectivity index (χ3v) is 6.29. The highest BCUT2D eigenvalue weighted by atomic mass is 35.5. The Bertz CT molecular complexity index is 1370. The molecule has 0 N–H and O–H groups in total. The SMILES string of the molecule is COC(=O)c1cc(-n2c(C)ccc2-c2cc(Cl)ccc2OCc2ccc(C)cc2C)ccc1C. The van der Waals surface area contributed by atoms with Crippen LogP contribution in [0.3, 0.4) is 0 Å². The van der Waals surface area contributed by atoms with Crippen LogP contribution in [0.1, 0.15) is 38.3 Å². The van der Waals surface area contributed by atoms with E-state index < -0.39 is 0 Å². The van der Waals surface area contributed by atoms with Gasteiger partial charge in [-0.1, -0.05) is 41.4 Å². The van der Waals surface area contributed by atoms with Gasteiger partial charge >= 0.3 is 5.97 Å². The summed E-state index contributed by atoms with van der Waals surface area (Å²) < 4.78 is 13.4. The van der Waals surface area contributed by atoms with Crippen LogP contribution in [-0.4, -0.2) is 17.6 Å². The molecule has 0 aliphatic carbocycles. The fourth-order valence-corrected chi connectivity index (χ4v) is 4.33. The number of methoxy groups -OCH3 is 1. The largest absolute Gasteiger partial charge is 0.488 e. The molecule has 0 spiro atoms. The summed E-state index contributed by atoms with van der Waals surface area (Å²) in [5.41, 5.74) is 8.66. The molecule has 1 heterocycles. The molecule has 5 heteroatoms. The van der Waals surface area contributed by atoms with Gasteiger partial charge in [0.1, 0.15) is 12.4 Å². The van der Waals surface area contributed by atoms with Gasteiger partial charge in [0.2, 0.25) is 0 Å². The maximum absolute atomic E-state index is 12.3. The van der Waals surface area contributed by atoms with Gasteiger partial charge in [0.25, 0.3) is 0 Å². The number of aryl methyl sites for hydroxylation is 4. The first kappa shape index (κ1) is 23.7. The number of hydrogen-bond donors (Lipinski definition) is 0. The molecule has 4 nitrogen and oxygen atoms in total. The number of aromatic nitrogens is 1. The van der Waals surface area contributed by atoms with Crippen molar-refractivity contribution in [2.75, 3.05) is 7.11 Å². The Morgan fingerprint density at radius 2 is 1.68 bits per heavy atom. The number of ether oxygens (including phenoxy) is 2. The Balaban J connectivity index is 1.77. The van der Waals surface area contributed by atoms with E-state index in [1.807, 2.05) is 62.4 Å². The summed E-state index contributed by atoms with van der Waals surface area (Å²) in [5, 5.41) is 0.624. The van der Waals surface area contributed by atoms with Gasteiger partial charge in [0, 0.05) is 22.0 Å². The number of esters is 1. The van der Waals surface area contributed by atoms with E-state index in [4.69, 9.17) is 21.1 Å². The molecule has 4 aromatic rings. The second kappa shape index (κ2) is 9.78. The van der Waals surface area contributed by atoms with Crippen molar-refractivity contribution in [2.24, 2.45) is 0 Å². The summed E-state index contributed by atoms with van der Waals surface area (Å²) in [5.74, 6) is 0.384. The third-order valence-electron chi connectivity index (χ3n) is 6.06. The second-order valence-electron chi connectivity index (χ2n) is 8.55. The summed E-state index contributed by atoms with van der Waals surface area (Å²) in [4.78, 5) is 12.3. The maximum atomic E-state index is 12.3. The van der Waals surface area contributed by atoms with Crippen LogP contribution in [-0.2, 0) is 11.3 Å². The normalized spacial score (nSPS) is 10.9. The molecule has 34 heavy (non-hydrogen) atoms. The Morgan fingerprint density at radius 3 is 2.41 bits per heavy atom. The monoisotopic (exact) mass is 473 g/mol. The minimum Gasteiger partial charge on any atom is -0.488 e. The molecular formula is C29H28ClNO3. The molecule has 1 aromatic heterocycles. The lowest BCUT2D eigenvalue weighted by molar-refractivity contribution is 0.0600. The number of hydrogen-bond acceptors (Lipinski definition) is 3. The Labute approximate surface area is 205 Å². The molecule has 0 fully saturated rings. The van der Waals surface area contributed by atoms with Crippen LogP contribution >= 0.6 is 11.6 Å². The molecular weight excluding hydrogens is 446 g/mol. The molecule has 0 unspecified atom stereocenters. The van der Waals surface area contributed by atoms with Crippen molar-refractivity contribution >= 4 is 17.6 Å².